The normalized spacial score (nSPS) is 13.9. The Morgan fingerprint density at radius 3 is 1.38 bits per heavy atom. The Balaban J connectivity index is 2.11. The van der Waals surface area contributed by atoms with E-state index in [-0.39, 0.29) is 45.7 Å². The summed E-state index contributed by atoms with van der Waals surface area (Å²) < 4.78 is 15.8. The lowest BCUT2D eigenvalue weighted by atomic mass is 9.96. The van der Waals surface area contributed by atoms with Crippen LogP contribution in [0, 0.1) is 0 Å². The lowest BCUT2D eigenvalue weighted by Gasteiger charge is -2.32. The van der Waals surface area contributed by atoms with Crippen LogP contribution in [0.5, 0.6) is 0 Å². The molecular formula is C32H43N3O10. The van der Waals surface area contributed by atoms with Crippen molar-refractivity contribution in [3.05, 3.63) is 71.8 Å². The van der Waals surface area contributed by atoms with E-state index in [1.807, 2.05) is 0 Å². The smallest absolute Gasteiger partial charge is 0.408 e. The highest BCUT2D eigenvalue weighted by Crippen LogP contribution is 2.17. The van der Waals surface area contributed by atoms with E-state index in [0.29, 0.717) is 11.1 Å². The van der Waals surface area contributed by atoms with Gasteiger partial charge in [0.1, 0.15) is 29.9 Å². The van der Waals surface area contributed by atoms with E-state index in [1.54, 1.807) is 81.4 Å². The van der Waals surface area contributed by atoms with Gasteiger partial charge < -0.3 is 35.1 Å². The second-order valence-corrected chi connectivity index (χ2v) is 12.0. The molecule has 0 aromatic heterocycles. The largest absolute Gasteiger partial charge is 0.480 e. The number of ether oxygens (including phenoxy) is 3. The van der Waals surface area contributed by atoms with Gasteiger partial charge >= 0.3 is 30.1 Å². The number of carbonyl (C=O) groups is 5. The highest BCUT2D eigenvalue weighted by atomic mass is 16.6. The number of carbonyl (C=O) groups excluding carboxylic acids is 3. The van der Waals surface area contributed by atoms with E-state index in [0.717, 1.165) is 0 Å². The summed E-state index contributed by atoms with van der Waals surface area (Å²) in [6, 6.07) is 17.7. The third kappa shape index (κ3) is 13.3. The van der Waals surface area contributed by atoms with Crippen LogP contribution in [0.25, 0.3) is 0 Å². The van der Waals surface area contributed by atoms with E-state index in [2.05, 4.69) is 10.6 Å². The second kappa shape index (κ2) is 16.4. The first kappa shape index (κ1) is 36.5. The molecule has 2 amide bonds. The summed E-state index contributed by atoms with van der Waals surface area (Å²) in [6.07, 6.45) is -2.25. The number of alkyl carbamates (subject to hydrolysis) is 2. The van der Waals surface area contributed by atoms with Crippen molar-refractivity contribution in [1.82, 2.24) is 15.5 Å². The standard InChI is InChI=1S/C32H43N3O10/c1-30(2,3)45-25(36)20-35(18-16-31(4,26(37)38)33-28(41)43-21-23-12-8-6-9-13-23)19-17-32(5,27(39)40)34-29(42)44-22-24-14-10-7-11-15-24/h6-15H,16-22H2,1-5H3,(H,33,41)(H,34,42)(H,37,38)(H,39,40). The molecule has 0 aliphatic heterocycles. The Labute approximate surface area is 262 Å². The van der Waals surface area contributed by atoms with Gasteiger partial charge in [-0.1, -0.05) is 60.7 Å². The molecule has 2 rings (SSSR count). The van der Waals surface area contributed by atoms with Gasteiger partial charge in [0.25, 0.3) is 0 Å². The Bertz CT molecular complexity index is 1210. The minimum atomic E-state index is -1.80. The summed E-state index contributed by atoms with van der Waals surface area (Å²) in [4.78, 5) is 63.6. The zero-order chi connectivity index (χ0) is 33.7. The molecule has 0 heterocycles. The Morgan fingerprint density at radius 1 is 0.667 bits per heavy atom. The van der Waals surface area contributed by atoms with Crippen LogP contribution in [-0.2, 0) is 41.8 Å². The zero-order valence-electron chi connectivity index (χ0n) is 26.3. The Hall–Kier alpha value is -4.65. The fraction of sp³-hybridized carbons (Fsp3) is 0.469. The highest BCUT2D eigenvalue weighted by molar-refractivity contribution is 5.84. The topological polar surface area (TPSA) is 181 Å². The number of carboxylic acid groups (broad SMARTS) is 2. The highest BCUT2D eigenvalue weighted by Gasteiger charge is 2.38. The van der Waals surface area contributed by atoms with Crippen LogP contribution in [0.15, 0.2) is 60.7 Å². The van der Waals surface area contributed by atoms with Crippen molar-refractivity contribution in [2.45, 2.75) is 77.4 Å². The van der Waals surface area contributed by atoms with Gasteiger partial charge in [-0.25, -0.2) is 19.2 Å². The molecule has 13 heteroatoms. The van der Waals surface area contributed by atoms with Gasteiger partial charge in [0.05, 0.1) is 6.54 Å². The maximum Gasteiger partial charge on any atom is 0.408 e. The van der Waals surface area contributed by atoms with E-state index in [9.17, 15) is 34.2 Å². The van der Waals surface area contributed by atoms with Gasteiger partial charge in [-0.05, 0) is 58.6 Å². The maximum atomic E-state index is 12.7. The second-order valence-electron chi connectivity index (χ2n) is 12.0. The molecule has 0 bridgehead atoms. The van der Waals surface area contributed by atoms with Gasteiger partial charge in [0, 0.05) is 13.1 Å². The SMILES string of the molecule is CC(C)(C)OC(=O)CN(CCC(C)(NC(=O)OCc1ccccc1)C(=O)O)CCC(C)(NC(=O)OCc1ccccc1)C(=O)O. The number of hydrogen-bond acceptors (Lipinski definition) is 9. The summed E-state index contributed by atoms with van der Waals surface area (Å²) in [7, 11) is 0. The average molecular weight is 630 g/mol. The number of amides is 2. The Morgan fingerprint density at radius 2 is 1.04 bits per heavy atom. The third-order valence-electron chi connectivity index (χ3n) is 6.75. The van der Waals surface area contributed by atoms with Crippen molar-refractivity contribution in [1.29, 1.82) is 0 Å². The number of esters is 1. The van der Waals surface area contributed by atoms with Crippen LogP contribution in [0.4, 0.5) is 9.59 Å². The molecule has 45 heavy (non-hydrogen) atoms. The van der Waals surface area contributed by atoms with Gasteiger partial charge in [-0.2, -0.15) is 0 Å². The van der Waals surface area contributed by atoms with Crippen LogP contribution < -0.4 is 10.6 Å². The zero-order valence-corrected chi connectivity index (χ0v) is 26.3. The molecule has 0 spiro atoms. The van der Waals surface area contributed by atoms with E-state index in [1.165, 1.54) is 18.7 Å². The van der Waals surface area contributed by atoms with Crippen molar-refractivity contribution < 1.29 is 48.4 Å². The number of benzene rings is 2. The molecule has 0 fully saturated rings. The minimum Gasteiger partial charge on any atom is -0.480 e. The van der Waals surface area contributed by atoms with E-state index in [4.69, 9.17) is 14.2 Å². The first-order valence-electron chi connectivity index (χ1n) is 14.4. The van der Waals surface area contributed by atoms with Crippen LogP contribution in [0.1, 0.15) is 58.6 Å². The quantitative estimate of drug-likeness (QED) is 0.156. The van der Waals surface area contributed by atoms with Gasteiger partial charge in [-0.15, -0.1) is 0 Å². The molecule has 0 saturated carbocycles. The maximum absolute atomic E-state index is 12.7. The number of nitrogens with one attached hydrogen (secondary N) is 2. The molecule has 0 aliphatic carbocycles. The molecular weight excluding hydrogens is 586 g/mol. The lowest BCUT2D eigenvalue weighted by Crippen LogP contribution is -2.55. The van der Waals surface area contributed by atoms with Crippen molar-refractivity contribution in [2.75, 3.05) is 19.6 Å². The molecule has 2 aromatic carbocycles. The fourth-order valence-electron chi connectivity index (χ4n) is 4.00. The van der Waals surface area contributed by atoms with Gasteiger partial charge in [-0.3, -0.25) is 9.69 Å². The molecule has 0 aliphatic rings. The van der Waals surface area contributed by atoms with Crippen LogP contribution >= 0.6 is 0 Å². The number of carboxylic acids is 2. The number of nitrogens with zero attached hydrogens (tertiary/aromatic N) is 1. The van der Waals surface area contributed by atoms with Crippen molar-refractivity contribution >= 4 is 30.1 Å². The summed E-state index contributed by atoms with van der Waals surface area (Å²) in [6.45, 7) is 7.11. The van der Waals surface area contributed by atoms with Gasteiger partial charge in [0.15, 0.2) is 0 Å². The lowest BCUT2D eigenvalue weighted by molar-refractivity contribution is -0.156. The Kier molecular flexibility index (Phi) is 13.3. The third-order valence-corrected chi connectivity index (χ3v) is 6.75. The first-order chi connectivity index (χ1) is 21.0. The predicted octanol–water partition coefficient (Wildman–Crippen LogP) is 3.95. The summed E-state index contributed by atoms with van der Waals surface area (Å²) >= 11 is 0. The van der Waals surface area contributed by atoms with Crippen molar-refractivity contribution in [3.8, 4) is 0 Å². The first-order valence-corrected chi connectivity index (χ1v) is 14.4. The fourth-order valence-corrected chi connectivity index (χ4v) is 4.00. The van der Waals surface area contributed by atoms with Crippen molar-refractivity contribution in [3.63, 3.8) is 0 Å². The number of hydrogen-bond donors (Lipinski definition) is 4. The molecule has 2 atom stereocenters. The molecule has 2 aromatic rings. The summed E-state index contributed by atoms with van der Waals surface area (Å²) in [5.74, 6) is -3.30. The van der Waals surface area contributed by atoms with Crippen LogP contribution in [-0.4, -0.2) is 81.5 Å². The van der Waals surface area contributed by atoms with E-state index < -0.39 is 46.8 Å². The predicted molar refractivity (Wildman–Crippen MR) is 163 cm³/mol. The molecule has 246 valence electrons. The number of aliphatic carboxylic acids is 2. The van der Waals surface area contributed by atoms with Crippen LogP contribution in [0.3, 0.4) is 0 Å². The molecule has 0 radical (unpaired) electrons. The minimum absolute atomic E-state index is 0.0604. The number of rotatable bonds is 16. The van der Waals surface area contributed by atoms with E-state index >= 15 is 0 Å². The average Bonchev–Trinajstić information content (AvgIpc) is 2.96. The molecule has 4 N–H and O–H groups in total. The summed E-state index contributed by atoms with van der Waals surface area (Å²) in [5, 5.41) is 24.7. The monoisotopic (exact) mass is 629 g/mol. The molecule has 13 nitrogen and oxygen atoms in total. The van der Waals surface area contributed by atoms with Gasteiger partial charge in [0.2, 0.25) is 0 Å². The summed E-state index contributed by atoms with van der Waals surface area (Å²) in [5.41, 5.74) is -2.97. The molecule has 0 saturated heterocycles. The van der Waals surface area contributed by atoms with Crippen LogP contribution in [0.2, 0.25) is 0 Å². The van der Waals surface area contributed by atoms with Crippen molar-refractivity contribution in [2.24, 2.45) is 0 Å². The molecule has 2 unspecified atom stereocenters.